The molecule has 4 nitrogen and oxygen atoms in total. The van der Waals surface area contributed by atoms with Crippen LogP contribution in [-0.2, 0) is 18.2 Å². The third-order valence-electron chi connectivity index (χ3n) is 9.39. The predicted octanol–water partition coefficient (Wildman–Crippen LogP) is 13.1. The molecule has 0 spiro atoms. The summed E-state index contributed by atoms with van der Waals surface area (Å²) in [5, 5.41) is 0. The summed E-state index contributed by atoms with van der Waals surface area (Å²) in [4.78, 5) is 0. The third kappa shape index (κ3) is 22.3. The van der Waals surface area contributed by atoms with Crippen molar-refractivity contribution < 1.29 is 16.5 Å². The van der Waals surface area contributed by atoms with Crippen LogP contribution in [0.25, 0.3) is 0 Å². The molecule has 0 aromatic carbocycles. The van der Waals surface area contributed by atoms with Crippen molar-refractivity contribution in [2.45, 2.75) is 201 Å². The topological polar surface area (TPSA) is 52.6 Å². The van der Waals surface area contributed by atoms with Gasteiger partial charge in [-0.05, 0) is 0 Å². The van der Waals surface area contributed by atoms with Crippen LogP contribution < -0.4 is 0 Å². The molecule has 0 heterocycles. The van der Waals surface area contributed by atoms with Crippen molar-refractivity contribution >= 4 is 33.6 Å². The second kappa shape index (κ2) is 24.0. The SMILES string of the molecule is CCCCCCCCCCCCCCCCP(CCCC)(CCCC)(CCCC)OS(=O)(=O)CCC[Si](C)(C)O[Si](C)(C)C. The second-order valence-electron chi connectivity index (χ2n) is 15.8. The van der Waals surface area contributed by atoms with Gasteiger partial charge in [-0.25, -0.2) is 0 Å². The van der Waals surface area contributed by atoms with Gasteiger partial charge in [-0.1, -0.05) is 26.2 Å². The Morgan fingerprint density at radius 3 is 1.18 bits per heavy atom. The Bertz CT molecular complexity index is 774. The Morgan fingerprint density at radius 1 is 0.477 bits per heavy atom. The molecule has 0 radical (unpaired) electrons. The Kier molecular flexibility index (Phi) is 24.4. The summed E-state index contributed by atoms with van der Waals surface area (Å²) in [6.07, 6.45) is 30.1. The monoisotopic (exact) mass is 697 g/mol. The number of rotatable bonds is 32. The van der Waals surface area contributed by atoms with E-state index in [0.29, 0.717) is 6.42 Å². The minimum absolute atomic E-state index is 0.152. The van der Waals surface area contributed by atoms with E-state index in [9.17, 15) is 8.42 Å². The molecule has 0 fully saturated rings. The van der Waals surface area contributed by atoms with Crippen LogP contribution in [0.1, 0.15) is 163 Å². The van der Waals surface area contributed by atoms with Crippen molar-refractivity contribution in [3.8, 4) is 0 Å². The van der Waals surface area contributed by atoms with Crippen molar-refractivity contribution in [1.29, 1.82) is 0 Å². The molecule has 0 aliphatic rings. The summed E-state index contributed by atoms with van der Waals surface area (Å²) in [7, 11) is -7.11. The average molecular weight is 697 g/mol. The summed E-state index contributed by atoms with van der Waals surface area (Å²) in [6.45, 7) is 17.3. The zero-order valence-corrected chi connectivity index (χ0v) is 35.3. The molecule has 268 valence electrons. The Balaban J connectivity index is 5.27. The number of unbranched alkanes of at least 4 members (excludes halogenated alkanes) is 16. The van der Waals surface area contributed by atoms with Gasteiger partial charge in [-0.2, -0.15) is 0 Å². The standard InChI is InChI=1S/C36H81O4PSSi2/c1-10-14-18-19-20-21-22-23-24-25-26-27-28-29-34-41(31-15-11-2,32-16-12-3,33-17-13-4)39-42(37,38)35-30-36-44(8,9)40-43(5,6)7/h10-36H2,1-9H3. The molecular weight excluding hydrogens is 616 g/mol. The van der Waals surface area contributed by atoms with Gasteiger partial charge in [0.2, 0.25) is 0 Å². The van der Waals surface area contributed by atoms with Crippen molar-refractivity contribution in [2.75, 3.05) is 30.4 Å². The van der Waals surface area contributed by atoms with Crippen LogP contribution >= 0.6 is 6.83 Å². The van der Waals surface area contributed by atoms with Crippen LogP contribution in [0, 0.1) is 0 Å². The van der Waals surface area contributed by atoms with Crippen LogP contribution in [0.15, 0.2) is 0 Å². The Morgan fingerprint density at radius 2 is 0.818 bits per heavy atom. The first-order valence-electron chi connectivity index (χ1n) is 19.3. The first-order valence-corrected chi connectivity index (χ1v) is 30.3. The van der Waals surface area contributed by atoms with E-state index in [4.69, 9.17) is 8.09 Å². The Hall–Kier alpha value is 0.734. The zero-order chi connectivity index (χ0) is 33.5. The van der Waals surface area contributed by atoms with Gasteiger partial charge in [0.15, 0.2) is 0 Å². The molecule has 0 saturated heterocycles. The van der Waals surface area contributed by atoms with E-state index < -0.39 is 33.6 Å². The summed E-state index contributed by atoms with van der Waals surface area (Å²) >= 11 is 0. The molecule has 0 unspecified atom stereocenters. The quantitative estimate of drug-likeness (QED) is 0.0399. The van der Waals surface area contributed by atoms with Crippen LogP contribution in [0.5, 0.6) is 0 Å². The molecule has 0 aliphatic carbocycles. The van der Waals surface area contributed by atoms with Crippen LogP contribution in [-0.4, -0.2) is 55.5 Å². The first kappa shape index (κ1) is 44.7. The zero-order valence-electron chi connectivity index (χ0n) is 31.6. The summed E-state index contributed by atoms with van der Waals surface area (Å²) in [5.74, 6) is 0.152. The predicted molar refractivity (Wildman–Crippen MR) is 208 cm³/mol. The second-order valence-corrected chi connectivity index (χ2v) is 32.5. The van der Waals surface area contributed by atoms with E-state index in [-0.39, 0.29) is 5.75 Å². The van der Waals surface area contributed by atoms with Gasteiger partial charge < -0.3 is 0 Å². The van der Waals surface area contributed by atoms with Gasteiger partial charge in [0.05, 0.1) is 0 Å². The molecular formula is C36H81O4PSSi2. The van der Waals surface area contributed by atoms with E-state index in [1.54, 1.807) is 0 Å². The minimum atomic E-state index is -3.59. The molecule has 8 heteroatoms. The molecule has 0 aromatic rings. The summed E-state index contributed by atoms with van der Waals surface area (Å²) in [5.41, 5.74) is 0. The molecule has 0 amide bonds. The summed E-state index contributed by atoms with van der Waals surface area (Å²) in [6, 6.07) is 0.883. The molecule has 0 N–H and O–H groups in total. The van der Waals surface area contributed by atoms with Gasteiger partial charge in [0.25, 0.3) is 0 Å². The fraction of sp³-hybridized carbons (Fsp3) is 1.00. The van der Waals surface area contributed by atoms with Gasteiger partial charge in [-0.3, -0.25) is 0 Å². The van der Waals surface area contributed by atoms with Crippen LogP contribution in [0.4, 0.5) is 0 Å². The fourth-order valence-electron chi connectivity index (χ4n) is 7.11. The van der Waals surface area contributed by atoms with E-state index >= 15 is 0 Å². The average Bonchev–Trinajstić information content (AvgIpc) is 2.92. The van der Waals surface area contributed by atoms with E-state index in [1.165, 1.54) is 83.5 Å². The molecule has 0 atom stereocenters. The van der Waals surface area contributed by atoms with E-state index in [0.717, 1.165) is 75.6 Å². The molecule has 0 rings (SSSR count). The number of hydrogen-bond donors (Lipinski definition) is 0. The Labute approximate surface area is 280 Å². The van der Waals surface area contributed by atoms with Crippen molar-refractivity contribution in [2.24, 2.45) is 0 Å². The molecule has 0 aliphatic heterocycles. The van der Waals surface area contributed by atoms with E-state index in [1.807, 2.05) is 0 Å². The third-order valence-corrected chi connectivity index (χ3v) is 24.8. The molecule has 0 bridgehead atoms. The number of hydrogen-bond acceptors (Lipinski definition) is 4. The maximum atomic E-state index is 13.9. The first-order chi connectivity index (χ1) is 20.7. The molecule has 44 heavy (non-hydrogen) atoms. The maximum absolute atomic E-state index is 13.9. The van der Waals surface area contributed by atoms with Gasteiger partial charge in [-0.15, -0.1) is 0 Å². The fourth-order valence-corrected chi connectivity index (χ4v) is 25.7. The normalized spacial score (nSPS) is 14.2. The van der Waals surface area contributed by atoms with Crippen LogP contribution in [0.3, 0.4) is 0 Å². The van der Waals surface area contributed by atoms with Crippen molar-refractivity contribution in [3.05, 3.63) is 0 Å². The van der Waals surface area contributed by atoms with Crippen molar-refractivity contribution in [1.82, 2.24) is 0 Å². The summed E-state index contributed by atoms with van der Waals surface area (Å²) < 4.78 is 41.0. The van der Waals surface area contributed by atoms with Gasteiger partial charge in [0.1, 0.15) is 0 Å². The molecule has 0 saturated carbocycles. The van der Waals surface area contributed by atoms with Gasteiger partial charge in [0, 0.05) is 0 Å². The van der Waals surface area contributed by atoms with Crippen molar-refractivity contribution in [3.63, 3.8) is 0 Å². The van der Waals surface area contributed by atoms with E-state index in [2.05, 4.69) is 60.4 Å². The van der Waals surface area contributed by atoms with Gasteiger partial charge >= 0.3 is 256 Å². The van der Waals surface area contributed by atoms with Crippen LogP contribution in [0.2, 0.25) is 38.8 Å². The molecule has 0 aromatic heterocycles.